The first-order chi connectivity index (χ1) is 17.6. The van der Waals surface area contributed by atoms with Gasteiger partial charge in [-0.1, -0.05) is 42.5 Å². The monoisotopic (exact) mass is 477 g/mol. The summed E-state index contributed by atoms with van der Waals surface area (Å²) in [6.45, 7) is 0.237. The van der Waals surface area contributed by atoms with Gasteiger partial charge < -0.3 is 15.6 Å². The molecule has 2 amide bonds. The Bertz CT molecular complexity index is 1530. The highest BCUT2D eigenvalue weighted by Crippen LogP contribution is 2.33. The van der Waals surface area contributed by atoms with Crippen molar-refractivity contribution < 1.29 is 9.59 Å². The molecule has 0 saturated heterocycles. The first-order valence-electron chi connectivity index (χ1n) is 11.4. The van der Waals surface area contributed by atoms with Gasteiger partial charge in [0.05, 0.1) is 11.3 Å². The molecule has 4 aromatic rings. The summed E-state index contributed by atoms with van der Waals surface area (Å²) >= 11 is 0. The second kappa shape index (κ2) is 10.0. The molecule has 1 aliphatic rings. The molecule has 4 N–H and O–H groups in total. The van der Waals surface area contributed by atoms with Crippen molar-refractivity contribution in [3.05, 3.63) is 124 Å². The third-order valence-electron chi connectivity index (χ3n) is 5.65. The van der Waals surface area contributed by atoms with Crippen LogP contribution in [0.3, 0.4) is 0 Å². The van der Waals surface area contributed by atoms with E-state index in [1.165, 1.54) is 10.7 Å². The number of para-hydroxylation sites is 1. The molecule has 8 nitrogen and oxygen atoms in total. The minimum atomic E-state index is -0.464. The largest absolute Gasteiger partial charge is 0.362 e. The van der Waals surface area contributed by atoms with Crippen LogP contribution in [-0.2, 0) is 4.79 Å². The number of benzene rings is 2. The Morgan fingerprint density at radius 3 is 2.64 bits per heavy atom. The molecule has 0 fully saturated rings. The number of anilines is 2. The first kappa shape index (κ1) is 22.7. The van der Waals surface area contributed by atoms with Crippen molar-refractivity contribution in [3.63, 3.8) is 0 Å². The van der Waals surface area contributed by atoms with E-state index in [1.54, 1.807) is 18.3 Å². The van der Waals surface area contributed by atoms with Crippen LogP contribution in [0.1, 0.15) is 27.2 Å². The molecule has 0 radical (unpaired) electrons. The van der Waals surface area contributed by atoms with E-state index in [0.29, 0.717) is 5.57 Å². The number of nitrogens with one attached hydrogen (secondary N) is 4. The average molecular weight is 478 g/mol. The number of aromatic amines is 1. The average Bonchev–Trinajstić information content (AvgIpc) is 3.51. The zero-order chi connectivity index (χ0) is 24.9. The second-order valence-corrected chi connectivity index (χ2v) is 8.13. The lowest BCUT2D eigenvalue weighted by molar-refractivity contribution is -0.110. The van der Waals surface area contributed by atoms with Gasteiger partial charge in [0.2, 0.25) is 0 Å². The van der Waals surface area contributed by atoms with E-state index in [0.717, 1.165) is 28.2 Å². The Hall–Kier alpha value is -5.11. The summed E-state index contributed by atoms with van der Waals surface area (Å²) in [5.74, 6) is -0.613. The van der Waals surface area contributed by atoms with Gasteiger partial charge in [-0.15, -0.1) is 0 Å². The summed E-state index contributed by atoms with van der Waals surface area (Å²) in [5.41, 5.74) is 7.20. The number of rotatable bonds is 7. The summed E-state index contributed by atoms with van der Waals surface area (Å²) in [6.07, 6.45) is 8.83. The highest BCUT2D eigenvalue weighted by molar-refractivity contribution is 6.34. The molecule has 2 aromatic heterocycles. The fourth-order valence-electron chi connectivity index (χ4n) is 3.90. The van der Waals surface area contributed by atoms with Crippen LogP contribution in [0.4, 0.5) is 11.4 Å². The van der Waals surface area contributed by atoms with Crippen LogP contribution in [0.25, 0.3) is 17.7 Å². The third-order valence-corrected chi connectivity index (χ3v) is 5.65. The lowest BCUT2D eigenvalue weighted by Gasteiger charge is -2.10. The molecular weight excluding hydrogens is 454 g/mol. The molecule has 8 heteroatoms. The Morgan fingerprint density at radius 2 is 1.83 bits per heavy atom. The number of pyridine rings is 1. The zero-order valence-corrected chi connectivity index (χ0v) is 19.2. The van der Waals surface area contributed by atoms with Gasteiger partial charge in [0.1, 0.15) is 5.56 Å². The molecule has 36 heavy (non-hydrogen) atoms. The Kier molecular flexibility index (Phi) is 6.31. The molecule has 2 aromatic carbocycles. The minimum absolute atomic E-state index is 0.0379. The molecule has 3 heterocycles. The maximum absolute atomic E-state index is 12.7. The fraction of sp³-hybridized carbons (Fsp3) is 0.0357. The molecule has 0 spiro atoms. The van der Waals surface area contributed by atoms with Crippen molar-refractivity contribution >= 4 is 40.9 Å². The molecule has 0 saturated carbocycles. The van der Waals surface area contributed by atoms with Crippen molar-refractivity contribution in [2.75, 3.05) is 17.3 Å². The first-order valence-corrected chi connectivity index (χ1v) is 11.4. The van der Waals surface area contributed by atoms with Gasteiger partial charge in [-0.05, 0) is 54.1 Å². The van der Waals surface area contributed by atoms with Gasteiger partial charge >= 0.3 is 0 Å². The summed E-state index contributed by atoms with van der Waals surface area (Å²) in [7, 11) is 0. The fourth-order valence-corrected chi connectivity index (χ4v) is 3.90. The number of hydrogen-bond donors (Lipinski definition) is 4. The van der Waals surface area contributed by atoms with Crippen molar-refractivity contribution in [2.24, 2.45) is 0 Å². The summed E-state index contributed by atoms with van der Waals surface area (Å²) < 4.78 is 1.28. The molecular formula is C28H23N5O3. The maximum atomic E-state index is 12.7. The number of amides is 2. The van der Waals surface area contributed by atoms with Gasteiger partial charge in [-0.2, -0.15) is 0 Å². The van der Waals surface area contributed by atoms with Crippen LogP contribution in [0, 0.1) is 0 Å². The van der Waals surface area contributed by atoms with Crippen molar-refractivity contribution in [2.45, 2.75) is 0 Å². The number of H-pyrrole nitrogens is 1. The van der Waals surface area contributed by atoms with E-state index in [-0.39, 0.29) is 18.0 Å². The summed E-state index contributed by atoms with van der Waals surface area (Å²) in [4.78, 5) is 40.8. The smallest absolute Gasteiger partial charge is 0.281 e. The normalized spacial score (nSPS) is 13.6. The molecule has 0 bridgehead atoms. The SMILES string of the molecule is O=C1Nc2cc(C=CCNC(=O)c3cccn(Nc4ccccc4)c3=O)ccc2C1=Cc1ccc[nH]1. The highest BCUT2D eigenvalue weighted by Gasteiger charge is 2.24. The van der Waals surface area contributed by atoms with Gasteiger partial charge in [-0.3, -0.25) is 19.8 Å². The number of aromatic nitrogens is 2. The van der Waals surface area contributed by atoms with Crippen molar-refractivity contribution in [1.29, 1.82) is 0 Å². The standard InChI is InChI=1S/C28H23N5O3/c34-26(23-11-6-16-33(28(23)36)32-20-8-2-1-3-9-20)30-15-4-7-19-12-13-22-24(18-21-10-5-14-29-21)27(35)31-25(22)17-19/h1-14,16-18,29,32H,15H2,(H,30,34)(H,31,35). The second-order valence-electron chi connectivity index (χ2n) is 8.13. The van der Waals surface area contributed by atoms with Crippen LogP contribution in [0.2, 0.25) is 0 Å². The van der Waals surface area contributed by atoms with Crippen molar-refractivity contribution in [1.82, 2.24) is 15.0 Å². The van der Waals surface area contributed by atoms with Crippen LogP contribution in [0.5, 0.6) is 0 Å². The highest BCUT2D eigenvalue weighted by atomic mass is 16.2. The number of carbonyl (C=O) groups excluding carboxylic acids is 2. The van der Waals surface area contributed by atoms with E-state index in [1.807, 2.05) is 79.0 Å². The van der Waals surface area contributed by atoms with E-state index in [4.69, 9.17) is 0 Å². The number of hydrogen-bond acceptors (Lipinski definition) is 4. The molecule has 0 aliphatic carbocycles. The van der Waals surface area contributed by atoms with Crippen LogP contribution in [-0.4, -0.2) is 28.0 Å². The van der Waals surface area contributed by atoms with Crippen LogP contribution >= 0.6 is 0 Å². The van der Waals surface area contributed by atoms with Gasteiger partial charge in [-0.25, -0.2) is 4.68 Å². The van der Waals surface area contributed by atoms with E-state index < -0.39 is 11.5 Å². The molecule has 5 rings (SSSR count). The zero-order valence-electron chi connectivity index (χ0n) is 19.2. The Labute approximate surface area is 207 Å². The number of carbonyl (C=O) groups is 2. The van der Waals surface area contributed by atoms with Gasteiger partial charge in [0.15, 0.2) is 0 Å². The minimum Gasteiger partial charge on any atom is -0.362 e. The van der Waals surface area contributed by atoms with Crippen LogP contribution < -0.4 is 21.6 Å². The number of nitrogens with zero attached hydrogens (tertiary/aromatic N) is 1. The molecule has 1 aliphatic heterocycles. The summed E-state index contributed by atoms with van der Waals surface area (Å²) in [5, 5.41) is 5.63. The quantitative estimate of drug-likeness (QED) is 0.302. The third kappa shape index (κ3) is 4.88. The van der Waals surface area contributed by atoms with E-state index in [2.05, 4.69) is 21.0 Å². The van der Waals surface area contributed by atoms with Crippen LogP contribution in [0.15, 0.2) is 96.1 Å². The lowest BCUT2D eigenvalue weighted by Crippen LogP contribution is -2.35. The predicted octanol–water partition coefficient (Wildman–Crippen LogP) is 3.99. The summed E-state index contributed by atoms with van der Waals surface area (Å²) in [6, 6.07) is 21.8. The molecule has 0 atom stereocenters. The lowest BCUT2D eigenvalue weighted by atomic mass is 10.0. The van der Waals surface area contributed by atoms with Gasteiger partial charge in [0.25, 0.3) is 17.4 Å². The molecule has 178 valence electrons. The van der Waals surface area contributed by atoms with Gasteiger partial charge in [0, 0.05) is 35.9 Å². The number of fused-ring (bicyclic) bond motifs is 1. The van der Waals surface area contributed by atoms with Crippen molar-refractivity contribution in [3.8, 4) is 0 Å². The van der Waals surface area contributed by atoms with E-state index >= 15 is 0 Å². The molecule has 0 unspecified atom stereocenters. The Balaban J connectivity index is 1.22. The predicted molar refractivity (Wildman–Crippen MR) is 141 cm³/mol. The Morgan fingerprint density at radius 1 is 0.972 bits per heavy atom. The maximum Gasteiger partial charge on any atom is 0.281 e. The topological polar surface area (TPSA) is 108 Å². The van der Waals surface area contributed by atoms with E-state index in [9.17, 15) is 14.4 Å².